The summed E-state index contributed by atoms with van der Waals surface area (Å²) in [6.07, 6.45) is 0. The molecule has 0 fully saturated rings. The van der Waals surface area contributed by atoms with Crippen molar-refractivity contribution < 1.29 is 19.1 Å². The molecule has 6 heteroatoms. The molecule has 4 nitrogen and oxygen atoms in total. The van der Waals surface area contributed by atoms with Crippen LogP contribution in [0.3, 0.4) is 0 Å². The second kappa shape index (κ2) is 8.30. The molecule has 1 aliphatic rings. The molecule has 3 aromatic carbocycles. The van der Waals surface area contributed by atoms with Crippen LogP contribution in [0.2, 0.25) is 0 Å². The van der Waals surface area contributed by atoms with Crippen molar-refractivity contribution in [2.45, 2.75) is 9.79 Å². The van der Waals surface area contributed by atoms with E-state index < -0.39 is 11.9 Å². The van der Waals surface area contributed by atoms with Crippen LogP contribution in [0.5, 0.6) is 0 Å². The quantitative estimate of drug-likeness (QED) is 0.279. The van der Waals surface area contributed by atoms with Crippen LogP contribution in [-0.2, 0) is 9.47 Å². The normalized spacial score (nSPS) is 11.6. The number of hydrogen-bond acceptors (Lipinski definition) is 6. The van der Waals surface area contributed by atoms with Gasteiger partial charge in [-0.15, -0.1) is 11.3 Å². The monoisotopic (exact) mass is 458 g/mol. The molecule has 0 amide bonds. The minimum Gasteiger partial charge on any atom is -0.465 e. The van der Waals surface area contributed by atoms with Crippen molar-refractivity contribution in [3.63, 3.8) is 0 Å². The molecule has 0 bridgehead atoms. The maximum Gasteiger partial charge on any atom is 0.339 e. The molecule has 1 aromatic heterocycles. The number of benzene rings is 3. The predicted molar refractivity (Wildman–Crippen MR) is 127 cm³/mol. The fourth-order valence-electron chi connectivity index (χ4n) is 4.09. The zero-order valence-corrected chi connectivity index (χ0v) is 19.0. The molecule has 32 heavy (non-hydrogen) atoms. The van der Waals surface area contributed by atoms with Gasteiger partial charge in [0.2, 0.25) is 0 Å². The Morgan fingerprint density at radius 2 is 1.38 bits per heavy atom. The van der Waals surface area contributed by atoms with Gasteiger partial charge in [-0.1, -0.05) is 54.2 Å². The average Bonchev–Trinajstić information content (AvgIpc) is 3.32. The van der Waals surface area contributed by atoms with Crippen molar-refractivity contribution >= 4 is 35.0 Å². The zero-order valence-electron chi connectivity index (χ0n) is 17.4. The fraction of sp³-hybridized carbons (Fsp3) is 0.0769. The molecule has 0 atom stereocenters. The standard InChI is InChI=1S/C26H18O4S2/c1-29-25(27)18-14-17-15-8-3-5-10-19(15)32-20-11-6-4-9-16(20)22(17)24(21-12-7-13-31-21)23(18)26(28)30-2/h3-14H,1-2H3. The van der Waals surface area contributed by atoms with E-state index in [0.29, 0.717) is 5.56 Å². The molecule has 0 unspecified atom stereocenters. The molecule has 0 aliphatic carbocycles. The summed E-state index contributed by atoms with van der Waals surface area (Å²) in [6.45, 7) is 0. The number of rotatable bonds is 3. The van der Waals surface area contributed by atoms with E-state index in [9.17, 15) is 9.59 Å². The van der Waals surface area contributed by atoms with Crippen LogP contribution in [0.25, 0.3) is 32.7 Å². The summed E-state index contributed by atoms with van der Waals surface area (Å²) in [7, 11) is 2.64. The molecule has 1 aliphatic heterocycles. The summed E-state index contributed by atoms with van der Waals surface area (Å²) in [4.78, 5) is 29.0. The Balaban J connectivity index is 2.03. The van der Waals surface area contributed by atoms with Gasteiger partial charge in [0, 0.05) is 25.8 Å². The second-order valence-electron chi connectivity index (χ2n) is 7.15. The van der Waals surface area contributed by atoms with Gasteiger partial charge in [-0.3, -0.25) is 0 Å². The third-order valence-corrected chi connectivity index (χ3v) is 7.48. The predicted octanol–water partition coefficient (Wildman–Crippen LogP) is 6.79. The van der Waals surface area contributed by atoms with Crippen LogP contribution in [0.15, 0.2) is 81.9 Å². The second-order valence-corrected chi connectivity index (χ2v) is 9.18. The zero-order chi connectivity index (χ0) is 22.2. The average molecular weight is 459 g/mol. The highest BCUT2D eigenvalue weighted by atomic mass is 32.2. The van der Waals surface area contributed by atoms with Crippen LogP contribution in [0, 0.1) is 0 Å². The maximum absolute atomic E-state index is 13.1. The number of methoxy groups -OCH3 is 2. The van der Waals surface area contributed by atoms with Gasteiger partial charge in [-0.25, -0.2) is 9.59 Å². The Labute approximate surface area is 193 Å². The molecular weight excluding hydrogens is 440 g/mol. The van der Waals surface area contributed by atoms with Gasteiger partial charge in [0.25, 0.3) is 0 Å². The lowest BCUT2D eigenvalue weighted by atomic mass is 9.84. The summed E-state index contributed by atoms with van der Waals surface area (Å²) in [5.74, 6) is -1.15. The van der Waals surface area contributed by atoms with Crippen LogP contribution in [-0.4, -0.2) is 26.2 Å². The summed E-state index contributed by atoms with van der Waals surface area (Å²) >= 11 is 3.19. The molecule has 0 saturated carbocycles. The Hall–Kier alpha value is -3.35. The van der Waals surface area contributed by atoms with E-state index >= 15 is 0 Å². The fourth-order valence-corrected chi connectivity index (χ4v) is 5.97. The first-order valence-corrected chi connectivity index (χ1v) is 11.6. The van der Waals surface area contributed by atoms with E-state index in [2.05, 4.69) is 18.2 Å². The van der Waals surface area contributed by atoms with E-state index in [1.165, 1.54) is 25.6 Å². The number of hydrogen-bond donors (Lipinski definition) is 0. The summed E-state index contributed by atoms with van der Waals surface area (Å²) in [5, 5.41) is 1.96. The number of carbonyl (C=O) groups excluding carboxylic acids is 2. The first kappa shape index (κ1) is 20.5. The number of ether oxygens (including phenoxy) is 2. The molecule has 5 rings (SSSR count). The molecule has 2 heterocycles. The van der Waals surface area contributed by atoms with Crippen LogP contribution < -0.4 is 0 Å². The molecule has 0 spiro atoms. The van der Waals surface area contributed by atoms with E-state index in [4.69, 9.17) is 9.47 Å². The van der Waals surface area contributed by atoms with Crippen molar-refractivity contribution in [2.75, 3.05) is 14.2 Å². The maximum atomic E-state index is 13.1. The minimum absolute atomic E-state index is 0.195. The molecule has 4 aromatic rings. The van der Waals surface area contributed by atoms with E-state index in [1.807, 2.05) is 47.8 Å². The van der Waals surface area contributed by atoms with E-state index in [0.717, 1.165) is 36.9 Å². The summed E-state index contributed by atoms with van der Waals surface area (Å²) in [6, 6.07) is 21.9. The van der Waals surface area contributed by atoms with Gasteiger partial charge in [-0.2, -0.15) is 0 Å². The minimum atomic E-state index is -0.575. The third-order valence-electron chi connectivity index (χ3n) is 5.44. The highest BCUT2D eigenvalue weighted by molar-refractivity contribution is 7.99. The Bertz CT molecular complexity index is 1360. The van der Waals surface area contributed by atoms with Crippen LogP contribution >= 0.6 is 23.1 Å². The smallest absolute Gasteiger partial charge is 0.339 e. The number of fused-ring (bicyclic) bond motifs is 5. The summed E-state index contributed by atoms with van der Waals surface area (Å²) < 4.78 is 10.2. The first-order chi connectivity index (χ1) is 15.6. The largest absolute Gasteiger partial charge is 0.465 e. The molecule has 0 saturated heterocycles. The molecule has 0 radical (unpaired) electrons. The third kappa shape index (κ3) is 3.23. The van der Waals surface area contributed by atoms with Crippen LogP contribution in [0.4, 0.5) is 0 Å². The highest BCUT2D eigenvalue weighted by Crippen LogP contribution is 2.53. The molecule has 0 N–H and O–H groups in total. The Morgan fingerprint density at radius 1 is 0.719 bits per heavy atom. The number of thiophene rings is 1. The first-order valence-electron chi connectivity index (χ1n) is 9.92. The van der Waals surface area contributed by atoms with Gasteiger partial charge < -0.3 is 9.47 Å². The van der Waals surface area contributed by atoms with Crippen molar-refractivity contribution in [2.24, 2.45) is 0 Å². The van der Waals surface area contributed by atoms with Gasteiger partial charge >= 0.3 is 11.9 Å². The van der Waals surface area contributed by atoms with Gasteiger partial charge in [0.15, 0.2) is 0 Å². The van der Waals surface area contributed by atoms with Crippen molar-refractivity contribution in [3.05, 3.63) is 83.2 Å². The lowest BCUT2D eigenvalue weighted by Gasteiger charge is -2.20. The van der Waals surface area contributed by atoms with Gasteiger partial charge in [0.1, 0.15) is 0 Å². The van der Waals surface area contributed by atoms with Crippen molar-refractivity contribution in [1.82, 2.24) is 0 Å². The SMILES string of the molecule is COC(=O)c1cc2c(c(-c3cccs3)c1C(=O)OC)-c1ccccc1Sc1ccccc1-2. The lowest BCUT2D eigenvalue weighted by Crippen LogP contribution is -2.15. The Kier molecular flexibility index (Phi) is 5.33. The van der Waals surface area contributed by atoms with E-state index in [-0.39, 0.29) is 11.1 Å². The van der Waals surface area contributed by atoms with Gasteiger partial charge in [0.05, 0.1) is 25.3 Å². The van der Waals surface area contributed by atoms with Crippen LogP contribution in [0.1, 0.15) is 20.7 Å². The topological polar surface area (TPSA) is 52.6 Å². The lowest BCUT2D eigenvalue weighted by molar-refractivity contribution is 0.0556. The highest BCUT2D eigenvalue weighted by Gasteiger charge is 2.32. The Morgan fingerprint density at radius 3 is 2.03 bits per heavy atom. The number of esters is 2. The van der Waals surface area contributed by atoms with E-state index in [1.54, 1.807) is 17.8 Å². The number of carbonyl (C=O) groups is 2. The van der Waals surface area contributed by atoms with Crippen molar-refractivity contribution in [1.29, 1.82) is 0 Å². The van der Waals surface area contributed by atoms with Crippen molar-refractivity contribution in [3.8, 4) is 32.7 Å². The molecular formula is C26H18O4S2. The summed E-state index contributed by atoms with van der Waals surface area (Å²) in [5.41, 5.74) is 4.91. The molecule has 158 valence electrons. The van der Waals surface area contributed by atoms with Gasteiger partial charge in [-0.05, 0) is 46.3 Å².